The maximum atomic E-state index is 13.1. The molecule has 4 rings (SSSR count). The third-order valence-corrected chi connectivity index (χ3v) is 8.57. The molecule has 0 radical (unpaired) electrons. The number of carbonyl (C=O) groups excluding carboxylic acids is 1. The number of sulfonamides is 1. The molecule has 0 bridgehead atoms. The molecule has 2 heterocycles. The minimum absolute atomic E-state index is 0.0392. The van der Waals surface area contributed by atoms with Crippen molar-refractivity contribution in [2.24, 2.45) is 0 Å². The van der Waals surface area contributed by atoms with Crippen LogP contribution in [0.25, 0.3) is 10.2 Å². The highest BCUT2D eigenvalue weighted by Gasteiger charge is 2.32. The number of para-hydroxylation sites is 1. The van der Waals surface area contributed by atoms with E-state index in [2.05, 4.69) is 10.3 Å². The lowest BCUT2D eigenvalue weighted by Crippen LogP contribution is -2.43. The van der Waals surface area contributed by atoms with E-state index in [1.54, 1.807) is 16.4 Å². The molecule has 170 valence electrons. The normalized spacial score (nSPS) is 17.4. The summed E-state index contributed by atoms with van der Waals surface area (Å²) in [6.07, 6.45) is 3.63. The van der Waals surface area contributed by atoms with Gasteiger partial charge in [0.15, 0.2) is 5.13 Å². The first kappa shape index (κ1) is 22.7. The van der Waals surface area contributed by atoms with Crippen molar-refractivity contribution in [1.82, 2.24) is 9.29 Å². The predicted octanol–water partition coefficient (Wildman–Crippen LogP) is 4.90. The molecule has 3 aromatic rings. The smallest absolute Gasteiger partial charge is 0.257 e. The molecule has 1 aromatic heterocycles. The van der Waals surface area contributed by atoms with Crippen LogP contribution in [-0.4, -0.2) is 42.8 Å². The van der Waals surface area contributed by atoms with Crippen LogP contribution in [0.4, 0.5) is 5.13 Å². The zero-order chi connectivity index (χ0) is 22.7. The molecule has 2 aromatic carbocycles. The largest absolute Gasteiger partial charge is 0.492 e. The number of hydrogen-bond donors (Lipinski definition) is 1. The number of carbonyl (C=O) groups is 1. The molecule has 1 aliphatic rings. The molecule has 7 nitrogen and oxygen atoms in total. The second-order valence-corrected chi connectivity index (χ2v) is 10.6. The Balaban J connectivity index is 1.51. The molecule has 1 N–H and O–H groups in total. The monoisotopic (exact) mass is 473 g/mol. The maximum Gasteiger partial charge on any atom is 0.257 e. The Morgan fingerprint density at radius 1 is 1.19 bits per heavy atom. The van der Waals surface area contributed by atoms with Gasteiger partial charge in [-0.15, -0.1) is 0 Å². The van der Waals surface area contributed by atoms with E-state index in [0.29, 0.717) is 35.1 Å². The molecule has 1 aliphatic heterocycles. The van der Waals surface area contributed by atoms with E-state index in [-0.39, 0.29) is 16.8 Å². The Kier molecular flexibility index (Phi) is 6.78. The van der Waals surface area contributed by atoms with Crippen LogP contribution in [0, 0.1) is 0 Å². The summed E-state index contributed by atoms with van der Waals surface area (Å²) in [5, 5.41) is 3.27. The minimum Gasteiger partial charge on any atom is -0.492 e. The summed E-state index contributed by atoms with van der Waals surface area (Å²) in [5.41, 5.74) is 1.09. The number of anilines is 1. The van der Waals surface area contributed by atoms with Gasteiger partial charge in [-0.1, -0.05) is 30.7 Å². The van der Waals surface area contributed by atoms with Crippen LogP contribution in [0.3, 0.4) is 0 Å². The van der Waals surface area contributed by atoms with Crippen molar-refractivity contribution in [3.05, 3.63) is 48.0 Å². The van der Waals surface area contributed by atoms with E-state index >= 15 is 0 Å². The van der Waals surface area contributed by atoms with E-state index in [1.165, 1.54) is 23.5 Å². The molecule has 1 fully saturated rings. The summed E-state index contributed by atoms with van der Waals surface area (Å²) in [7, 11) is -3.57. The Hall–Kier alpha value is -2.49. The molecule has 9 heteroatoms. The summed E-state index contributed by atoms with van der Waals surface area (Å²) in [6.45, 7) is 5.01. The molecule has 0 spiro atoms. The average molecular weight is 474 g/mol. The highest BCUT2D eigenvalue weighted by Crippen LogP contribution is 2.32. The molecular weight excluding hydrogens is 446 g/mol. The number of hydrogen-bond acceptors (Lipinski definition) is 6. The van der Waals surface area contributed by atoms with Crippen LogP contribution in [0.5, 0.6) is 5.75 Å². The Morgan fingerprint density at radius 2 is 1.97 bits per heavy atom. The highest BCUT2D eigenvalue weighted by atomic mass is 32.2. The zero-order valence-corrected chi connectivity index (χ0v) is 19.8. The van der Waals surface area contributed by atoms with Gasteiger partial charge in [-0.25, -0.2) is 13.4 Å². The second kappa shape index (κ2) is 9.56. The molecule has 1 unspecified atom stereocenters. The van der Waals surface area contributed by atoms with Gasteiger partial charge in [0.2, 0.25) is 10.0 Å². The first-order valence-electron chi connectivity index (χ1n) is 10.9. The summed E-state index contributed by atoms with van der Waals surface area (Å²) in [4.78, 5) is 17.4. The van der Waals surface area contributed by atoms with Crippen LogP contribution in [0.2, 0.25) is 0 Å². The zero-order valence-electron chi connectivity index (χ0n) is 18.2. The van der Waals surface area contributed by atoms with Crippen LogP contribution in [-0.2, 0) is 10.0 Å². The fourth-order valence-electron chi connectivity index (χ4n) is 4.03. The van der Waals surface area contributed by atoms with Crippen LogP contribution in [0.1, 0.15) is 49.9 Å². The van der Waals surface area contributed by atoms with Crippen molar-refractivity contribution in [1.29, 1.82) is 0 Å². The third kappa shape index (κ3) is 4.51. The number of aromatic nitrogens is 1. The summed E-state index contributed by atoms with van der Waals surface area (Å²) in [6, 6.07) is 11.8. The quantitative estimate of drug-likeness (QED) is 0.527. The summed E-state index contributed by atoms with van der Waals surface area (Å²) in [5.74, 6) is 0.342. The Bertz CT molecular complexity index is 1210. The fraction of sp³-hybridized carbons (Fsp3) is 0.391. The number of rotatable bonds is 7. The molecule has 1 amide bonds. The van der Waals surface area contributed by atoms with Crippen molar-refractivity contribution >= 4 is 42.6 Å². The number of amides is 1. The van der Waals surface area contributed by atoms with E-state index in [1.807, 2.05) is 32.0 Å². The lowest BCUT2D eigenvalue weighted by atomic mass is 10.0. The fourth-order valence-corrected chi connectivity index (χ4v) is 6.68. The van der Waals surface area contributed by atoms with Gasteiger partial charge in [-0.2, -0.15) is 4.31 Å². The van der Waals surface area contributed by atoms with Crippen molar-refractivity contribution < 1.29 is 17.9 Å². The number of nitrogens with one attached hydrogen (secondary N) is 1. The number of thiazole rings is 1. The highest BCUT2D eigenvalue weighted by molar-refractivity contribution is 7.89. The van der Waals surface area contributed by atoms with Crippen molar-refractivity contribution in [2.45, 2.75) is 50.5 Å². The van der Waals surface area contributed by atoms with E-state index < -0.39 is 10.0 Å². The molecule has 32 heavy (non-hydrogen) atoms. The summed E-state index contributed by atoms with van der Waals surface area (Å²) >= 11 is 1.36. The maximum absolute atomic E-state index is 13.1. The molecular formula is C23H27N3O4S2. The number of nitrogens with zero attached hydrogens (tertiary/aromatic N) is 2. The number of ether oxygens (including phenoxy) is 1. The van der Waals surface area contributed by atoms with Crippen LogP contribution >= 0.6 is 11.3 Å². The number of fused-ring (bicyclic) bond motifs is 1. The van der Waals surface area contributed by atoms with Gasteiger partial charge in [0.1, 0.15) is 11.3 Å². The first-order valence-corrected chi connectivity index (χ1v) is 13.1. The molecule has 1 saturated heterocycles. The standard InChI is InChI=1S/C23H27N3O4S2/c1-3-17-8-5-6-15-26(17)32(28,29)18-13-11-16(12-14-18)22(27)25-23-24-21-19(30-4-2)9-7-10-20(21)31-23/h7,9-14,17H,3-6,8,15H2,1-2H3,(H,24,25,27). The van der Waals surface area contributed by atoms with Gasteiger partial charge in [0, 0.05) is 18.2 Å². The minimum atomic E-state index is -3.57. The van der Waals surface area contributed by atoms with Gasteiger partial charge in [-0.05, 0) is 62.6 Å². The number of benzene rings is 2. The van der Waals surface area contributed by atoms with Crippen molar-refractivity contribution in [3.63, 3.8) is 0 Å². The van der Waals surface area contributed by atoms with E-state index in [9.17, 15) is 13.2 Å². The van der Waals surface area contributed by atoms with Gasteiger partial charge in [-0.3, -0.25) is 10.1 Å². The van der Waals surface area contributed by atoms with Crippen molar-refractivity contribution in [2.75, 3.05) is 18.5 Å². The summed E-state index contributed by atoms with van der Waals surface area (Å²) < 4.78 is 34.4. The van der Waals surface area contributed by atoms with Gasteiger partial charge < -0.3 is 4.74 Å². The van der Waals surface area contributed by atoms with E-state index in [4.69, 9.17) is 4.74 Å². The topological polar surface area (TPSA) is 88.6 Å². The Morgan fingerprint density at radius 3 is 2.69 bits per heavy atom. The molecule has 0 saturated carbocycles. The lowest BCUT2D eigenvalue weighted by molar-refractivity contribution is 0.102. The molecule has 0 aliphatic carbocycles. The Labute approximate surface area is 192 Å². The van der Waals surface area contributed by atoms with Crippen LogP contribution < -0.4 is 10.1 Å². The van der Waals surface area contributed by atoms with E-state index in [0.717, 1.165) is 30.4 Å². The average Bonchev–Trinajstić information content (AvgIpc) is 3.22. The van der Waals surface area contributed by atoms with Crippen LogP contribution in [0.15, 0.2) is 47.4 Å². The third-order valence-electron chi connectivity index (χ3n) is 5.67. The predicted molar refractivity (Wildman–Crippen MR) is 127 cm³/mol. The lowest BCUT2D eigenvalue weighted by Gasteiger charge is -2.34. The second-order valence-electron chi connectivity index (χ2n) is 7.71. The number of piperidine rings is 1. The SMILES string of the molecule is CCOc1cccc2sc(NC(=O)c3ccc(S(=O)(=O)N4CCCCC4CC)cc3)nc12. The van der Waals surface area contributed by atoms with Gasteiger partial charge >= 0.3 is 0 Å². The van der Waals surface area contributed by atoms with Gasteiger partial charge in [0.05, 0.1) is 16.2 Å². The van der Waals surface area contributed by atoms with Crippen molar-refractivity contribution in [3.8, 4) is 5.75 Å². The molecule has 1 atom stereocenters. The van der Waals surface area contributed by atoms with Gasteiger partial charge in [0.25, 0.3) is 5.91 Å². The first-order chi connectivity index (χ1) is 15.4.